The Labute approximate surface area is 160 Å². The summed E-state index contributed by atoms with van der Waals surface area (Å²) in [5, 5.41) is -2.73. The Morgan fingerprint density at radius 1 is 0.759 bits per heavy atom. The summed E-state index contributed by atoms with van der Waals surface area (Å²) in [6, 6.07) is 12.6. The summed E-state index contributed by atoms with van der Waals surface area (Å²) < 4.78 is 128. The first-order valence-electron chi connectivity index (χ1n) is 7.48. The van der Waals surface area contributed by atoms with E-state index in [2.05, 4.69) is 0 Å². The summed E-state index contributed by atoms with van der Waals surface area (Å²) in [6.45, 7) is 0. The first kappa shape index (κ1) is 21.7. The van der Waals surface area contributed by atoms with Crippen molar-refractivity contribution in [3.8, 4) is 0 Å². The number of halogens is 8. The SMILES string of the molecule is FC1(F)C(F)(F)C1(F)[s+]1c2ccccc2c2ccccc21.O=S(=O)([O-])C(F)(F)F. The topological polar surface area (TPSA) is 57.2 Å². The van der Waals surface area contributed by atoms with Crippen LogP contribution >= 0.6 is 10.5 Å². The predicted octanol–water partition coefficient (Wildman–Crippen LogP) is 5.70. The van der Waals surface area contributed by atoms with E-state index < -0.39 is 42.9 Å². The summed E-state index contributed by atoms with van der Waals surface area (Å²) in [7, 11) is -8.08. The zero-order valence-corrected chi connectivity index (χ0v) is 15.3. The average Bonchev–Trinajstić information content (AvgIpc) is 2.86. The van der Waals surface area contributed by atoms with E-state index in [1.165, 1.54) is 12.1 Å². The second-order valence-electron chi connectivity index (χ2n) is 5.94. The van der Waals surface area contributed by atoms with Gasteiger partial charge in [0.2, 0.25) is 0 Å². The molecule has 13 heteroatoms. The maximum Gasteiger partial charge on any atom is 0.485 e. The van der Waals surface area contributed by atoms with Crippen molar-refractivity contribution in [2.75, 3.05) is 0 Å². The molecule has 1 aliphatic rings. The molecule has 0 spiro atoms. The molecule has 0 saturated heterocycles. The molecule has 1 saturated carbocycles. The van der Waals surface area contributed by atoms with E-state index >= 15 is 0 Å². The molecule has 1 fully saturated rings. The summed E-state index contributed by atoms with van der Waals surface area (Å²) in [5.41, 5.74) is -5.65. The van der Waals surface area contributed by atoms with E-state index in [1.54, 1.807) is 36.4 Å². The normalized spacial score (nSPS) is 19.6. The standard InChI is InChI=1S/C15H8F5S.CHF3O3S/c16-13(17)14(18,19)15(13,20)21-11-7-3-1-5-9(11)10-6-2-4-8-12(10)21;2-1(3,4)8(5,6)7/h1-8H;(H,5,6,7)/q+1;/p-1. The van der Waals surface area contributed by atoms with Crippen molar-refractivity contribution in [2.45, 2.75) is 22.4 Å². The molecule has 29 heavy (non-hydrogen) atoms. The van der Waals surface area contributed by atoms with Crippen LogP contribution in [0.3, 0.4) is 0 Å². The largest absolute Gasteiger partial charge is 0.741 e. The Morgan fingerprint density at radius 2 is 1.07 bits per heavy atom. The van der Waals surface area contributed by atoms with E-state index in [0.29, 0.717) is 10.8 Å². The number of hydrogen-bond acceptors (Lipinski definition) is 3. The van der Waals surface area contributed by atoms with Gasteiger partial charge >= 0.3 is 22.4 Å². The highest BCUT2D eigenvalue weighted by molar-refractivity contribution is 7.86. The van der Waals surface area contributed by atoms with Crippen LogP contribution < -0.4 is 0 Å². The Balaban J connectivity index is 0.000000258. The predicted molar refractivity (Wildman–Crippen MR) is 88.7 cm³/mol. The summed E-state index contributed by atoms with van der Waals surface area (Å²) in [4.78, 5) is 0. The molecule has 1 aliphatic carbocycles. The Kier molecular flexibility index (Phi) is 4.68. The smallest absolute Gasteiger partial charge is 0.485 e. The number of fused-ring (bicyclic) bond motifs is 3. The van der Waals surface area contributed by atoms with Gasteiger partial charge in [-0.15, -0.1) is 0 Å². The summed E-state index contributed by atoms with van der Waals surface area (Å²) in [5.74, 6) is -9.26. The quantitative estimate of drug-likeness (QED) is 0.201. The molecule has 0 unspecified atom stereocenters. The van der Waals surface area contributed by atoms with Gasteiger partial charge in [-0.05, 0) is 24.3 Å². The lowest BCUT2D eigenvalue weighted by Crippen LogP contribution is -2.21. The molecule has 2 aromatic carbocycles. The molecule has 4 rings (SSSR count). The summed E-state index contributed by atoms with van der Waals surface area (Å²) in [6.07, 6.45) is 0. The zero-order valence-electron chi connectivity index (χ0n) is 13.7. The maximum atomic E-state index is 14.6. The molecule has 0 N–H and O–H groups in total. The van der Waals surface area contributed by atoms with Gasteiger partial charge in [0.1, 0.15) is 0 Å². The number of rotatable bonds is 1. The molecule has 1 aromatic heterocycles. The van der Waals surface area contributed by atoms with Crippen LogP contribution in [0.4, 0.5) is 35.1 Å². The van der Waals surface area contributed by atoms with Crippen molar-refractivity contribution in [3.63, 3.8) is 0 Å². The molecule has 3 nitrogen and oxygen atoms in total. The van der Waals surface area contributed by atoms with Crippen LogP contribution in [0.15, 0.2) is 48.5 Å². The van der Waals surface area contributed by atoms with Gasteiger partial charge in [0.25, 0.3) is 0 Å². The first-order valence-corrected chi connectivity index (χ1v) is 10.1. The molecule has 0 atom stereocenters. The molecule has 158 valence electrons. The van der Waals surface area contributed by atoms with Gasteiger partial charge in [-0.2, -0.15) is 35.1 Å². The lowest BCUT2D eigenvalue weighted by atomic mass is 10.2. The highest BCUT2D eigenvalue weighted by Crippen LogP contribution is 2.80. The van der Waals surface area contributed by atoms with Gasteiger partial charge < -0.3 is 4.55 Å². The second-order valence-corrected chi connectivity index (χ2v) is 9.37. The van der Waals surface area contributed by atoms with Gasteiger partial charge in [0.15, 0.2) is 19.5 Å². The summed E-state index contributed by atoms with van der Waals surface area (Å²) >= 11 is 0. The maximum absolute atomic E-state index is 14.6. The van der Waals surface area contributed by atoms with E-state index in [1.807, 2.05) is 0 Å². The fraction of sp³-hybridized carbons (Fsp3) is 0.250. The van der Waals surface area contributed by atoms with E-state index in [9.17, 15) is 35.1 Å². The van der Waals surface area contributed by atoms with Crippen LogP contribution in [0.1, 0.15) is 0 Å². The van der Waals surface area contributed by atoms with Crippen molar-refractivity contribution in [1.82, 2.24) is 0 Å². The van der Waals surface area contributed by atoms with Crippen LogP contribution in [-0.2, 0) is 15.1 Å². The third-order valence-corrected chi connectivity index (χ3v) is 7.44. The molecule has 0 aliphatic heterocycles. The average molecular weight is 464 g/mol. The number of alkyl halides is 8. The molecular weight excluding hydrogens is 456 g/mol. The van der Waals surface area contributed by atoms with Gasteiger partial charge in [-0.3, -0.25) is 0 Å². The third-order valence-electron chi connectivity index (χ3n) is 4.21. The Hall–Kier alpha value is -1.99. The van der Waals surface area contributed by atoms with Crippen molar-refractivity contribution < 1.29 is 48.1 Å². The second kappa shape index (κ2) is 6.25. The van der Waals surface area contributed by atoms with E-state index in [4.69, 9.17) is 13.0 Å². The van der Waals surface area contributed by atoms with Crippen molar-refractivity contribution >= 4 is 40.8 Å². The van der Waals surface area contributed by atoms with Crippen LogP contribution in [0.5, 0.6) is 0 Å². The fourth-order valence-corrected chi connectivity index (χ4v) is 5.56. The van der Waals surface area contributed by atoms with Crippen LogP contribution in [-0.4, -0.2) is 30.3 Å². The molecule has 0 radical (unpaired) electrons. The fourth-order valence-electron chi connectivity index (χ4n) is 2.78. The van der Waals surface area contributed by atoms with Crippen LogP contribution in [0.25, 0.3) is 20.2 Å². The van der Waals surface area contributed by atoms with Gasteiger partial charge in [0.05, 0.1) is 0 Å². The monoisotopic (exact) mass is 464 g/mol. The molecule has 1 heterocycles. The van der Waals surface area contributed by atoms with Crippen LogP contribution in [0.2, 0.25) is 0 Å². The van der Waals surface area contributed by atoms with Crippen LogP contribution in [0, 0.1) is 0 Å². The highest BCUT2D eigenvalue weighted by atomic mass is 32.2. The number of benzene rings is 2. The van der Waals surface area contributed by atoms with Crippen molar-refractivity contribution in [3.05, 3.63) is 48.5 Å². The van der Waals surface area contributed by atoms with Gasteiger partial charge in [-0.1, -0.05) is 24.3 Å². The minimum atomic E-state index is -6.09. The van der Waals surface area contributed by atoms with E-state index in [0.717, 1.165) is 0 Å². The zero-order chi connectivity index (χ0) is 22.0. The Bertz CT molecular complexity index is 1130. The number of hydrogen-bond donors (Lipinski definition) is 0. The van der Waals surface area contributed by atoms with E-state index in [-0.39, 0.29) is 9.40 Å². The highest BCUT2D eigenvalue weighted by Gasteiger charge is 3.07. The van der Waals surface area contributed by atoms with Crippen molar-refractivity contribution in [2.24, 2.45) is 0 Å². The molecule has 0 bridgehead atoms. The first-order chi connectivity index (χ1) is 13.1. The molecular formula is C16H8F8O3S2. The third kappa shape index (κ3) is 2.89. The molecule has 0 amide bonds. The van der Waals surface area contributed by atoms with Gasteiger partial charge in [0, 0.05) is 21.2 Å². The Morgan fingerprint density at radius 3 is 1.34 bits per heavy atom. The molecule has 3 aromatic rings. The lowest BCUT2D eigenvalue weighted by molar-refractivity contribution is -0.0517. The number of thiophene rings is 1. The minimum absolute atomic E-state index is 0.220. The van der Waals surface area contributed by atoms with Crippen molar-refractivity contribution in [1.29, 1.82) is 0 Å². The van der Waals surface area contributed by atoms with Gasteiger partial charge in [-0.25, -0.2) is 8.42 Å². The minimum Gasteiger partial charge on any atom is -0.741 e. The lowest BCUT2D eigenvalue weighted by Gasteiger charge is -2.08.